The van der Waals surface area contributed by atoms with Crippen LogP contribution in [-0.4, -0.2) is 6.26 Å². The Morgan fingerprint density at radius 3 is 2.41 bits per heavy atom. The van der Waals surface area contributed by atoms with E-state index in [1.54, 1.807) is 0 Å². The maximum atomic E-state index is 12.8. The highest BCUT2D eigenvalue weighted by Crippen LogP contribution is 2.30. The summed E-state index contributed by atoms with van der Waals surface area (Å²) in [5.74, 6) is 0. The molecule has 0 N–H and O–H groups in total. The second kappa shape index (κ2) is 8.52. The molecule has 0 fully saturated rings. The van der Waals surface area contributed by atoms with Crippen LogP contribution in [0.4, 0.5) is 0 Å². The maximum absolute atomic E-state index is 12.8. The molecule has 0 bridgehead atoms. The lowest BCUT2D eigenvalue weighted by atomic mass is 9.99. The summed E-state index contributed by atoms with van der Waals surface area (Å²) in [6, 6.07) is 18.9. The van der Waals surface area contributed by atoms with E-state index in [1.807, 2.05) is 12.1 Å². The lowest BCUT2D eigenvalue weighted by Crippen LogP contribution is -2.04. The minimum Gasteiger partial charge on any atom is -0.422 e. The van der Waals surface area contributed by atoms with Crippen LogP contribution in [0.15, 0.2) is 68.7 Å². The minimum absolute atomic E-state index is 0.0987. The number of fused-ring (bicyclic) bond motifs is 2. The van der Waals surface area contributed by atoms with Crippen molar-refractivity contribution in [3.63, 3.8) is 0 Å². The van der Waals surface area contributed by atoms with Crippen LogP contribution < -0.4 is 5.63 Å². The number of aryl methyl sites for hydroxylation is 2. The molecule has 5 heteroatoms. The molecule has 0 amide bonds. The highest BCUT2D eigenvalue weighted by molar-refractivity contribution is 8.38. The van der Waals surface area contributed by atoms with Crippen molar-refractivity contribution in [2.75, 3.05) is 6.26 Å². The number of benzene rings is 3. The second-order valence-corrected chi connectivity index (χ2v) is 12.9. The Labute approximate surface area is 177 Å². The fourth-order valence-corrected chi connectivity index (χ4v) is 6.53. The largest absolute Gasteiger partial charge is 0.422 e. The van der Waals surface area contributed by atoms with Crippen LogP contribution >= 0.6 is 16.0 Å². The Kier molecular flexibility index (Phi) is 6.02. The third kappa shape index (κ3) is 3.97. The third-order valence-electron chi connectivity index (χ3n) is 5.40. The SMILES string of the molecule is CCc1ccc2cc(-c3cc4cc(CC)c(S(C)=PP)cc4oc3=O)ccc2c1. The summed E-state index contributed by atoms with van der Waals surface area (Å²) in [5, 5.41) is 3.32. The predicted octanol–water partition coefficient (Wildman–Crippen LogP) is 7.00. The fraction of sp³-hybridized carbons (Fsp3) is 0.208. The van der Waals surface area contributed by atoms with Crippen molar-refractivity contribution in [2.24, 2.45) is 0 Å². The summed E-state index contributed by atoms with van der Waals surface area (Å²) < 4.78 is 5.77. The van der Waals surface area contributed by atoms with Gasteiger partial charge in [-0.2, -0.15) is 0 Å². The summed E-state index contributed by atoms with van der Waals surface area (Å²) >= 11 is 0. The standard InChI is InChI=1S/C24H24O2P2S/c1-4-15-6-7-18-12-19(9-8-17(18)10-15)21-13-20-11-16(5-2)23(29(3)28-27)14-22(20)26-24(21)25/h6-14H,4-5,27H2,1-3H3. The zero-order valence-corrected chi connectivity index (χ0v) is 19.7. The van der Waals surface area contributed by atoms with Crippen molar-refractivity contribution in [3.05, 3.63) is 76.1 Å². The molecular formula is C24H24O2P2S. The molecule has 1 aromatic heterocycles. The molecule has 0 aliphatic carbocycles. The average Bonchev–Trinajstić information content (AvgIpc) is 2.76. The normalized spacial score (nSPS) is 12.7. The third-order valence-corrected chi connectivity index (χ3v) is 11.1. The number of hydrogen-bond acceptors (Lipinski definition) is 2. The average molecular weight is 438 g/mol. The van der Waals surface area contributed by atoms with E-state index in [1.165, 1.54) is 28.5 Å². The van der Waals surface area contributed by atoms with Gasteiger partial charge < -0.3 is 4.42 Å². The molecule has 0 radical (unpaired) electrons. The Morgan fingerprint density at radius 1 is 0.931 bits per heavy atom. The van der Waals surface area contributed by atoms with Crippen LogP contribution in [0.2, 0.25) is 0 Å². The zero-order valence-electron chi connectivity index (χ0n) is 16.9. The lowest BCUT2D eigenvalue weighted by Gasteiger charge is -2.11. The summed E-state index contributed by atoms with van der Waals surface area (Å²) in [6.07, 6.45) is 4.20. The first-order valence-electron chi connectivity index (χ1n) is 9.74. The molecule has 3 aromatic carbocycles. The predicted molar refractivity (Wildman–Crippen MR) is 132 cm³/mol. The van der Waals surface area contributed by atoms with Crippen LogP contribution in [0, 0.1) is 0 Å². The zero-order chi connectivity index (χ0) is 20.5. The molecule has 29 heavy (non-hydrogen) atoms. The molecule has 1 heterocycles. The van der Waals surface area contributed by atoms with Gasteiger partial charge in [-0.1, -0.05) is 53.1 Å². The first kappa shape index (κ1) is 20.5. The summed E-state index contributed by atoms with van der Waals surface area (Å²) in [7, 11) is 4.15. The van der Waals surface area contributed by atoms with Crippen LogP contribution in [0.1, 0.15) is 25.0 Å². The van der Waals surface area contributed by atoms with Crippen LogP contribution in [0.5, 0.6) is 0 Å². The van der Waals surface area contributed by atoms with Gasteiger partial charge in [-0.25, -0.2) is 4.79 Å². The van der Waals surface area contributed by atoms with Gasteiger partial charge in [0, 0.05) is 10.3 Å². The molecule has 0 aliphatic rings. The molecular weight excluding hydrogens is 414 g/mol. The molecule has 4 rings (SSSR count). The molecule has 4 aromatic rings. The lowest BCUT2D eigenvalue weighted by molar-refractivity contribution is 0.562. The van der Waals surface area contributed by atoms with Gasteiger partial charge in [0.15, 0.2) is 0 Å². The van der Waals surface area contributed by atoms with Crippen molar-refractivity contribution in [1.82, 2.24) is 0 Å². The van der Waals surface area contributed by atoms with Gasteiger partial charge in [0.1, 0.15) is 5.58 Å². The topological polar surface area (TPSA) is 30.2 Å². The molecule has 148 valence electrons. The van der Waals surface area contributed by atoms with Crippen LogP contribution in [0.25, 0.3) is 32.9 Å². The monoisotopic (exact) mass is 438 g/mol. The Morgan fingerprint density at radius 2 is 1.69 bits per heavy atom. The van der Waals surface area contributed by atoms with Gasteiger partial charge in [-0.3, -0.25) is 0 Å². The molecule has 2 atom stereocenters. The van der Waals surface area contributed by atoms with Gasteiger partial charge in [0.05, 0.1) is 5.56 Å². The van der Waals surface area contributed by atoms with Crippen molar-refractivity contribution < 1.29 is 4.42 Å². The van der Waals surface area contributed by atoms with Crippen molar-refractivity contribution in [1.29, 1.82) is 0 Å². The van der Waals surface area contributed by atoms with Gasteiger partial charge in [-0.15, -0.1) is 10.1 Å². The van der Waals surface area contributed by atoms with E-state index in [0.717, 1.165) is 29.2 Å². The molecule has 2 nitrogen and oxygen atoms in total. The quantitative estimate of drug-likeness (QED) is 0.254. The molecule has 0 saturated carbocycles. The highest BCUT2D eigenvalue weighted by Gasteiger charge is 2.12. The van der Waals surface area contributed by atoms with Gasteiger partial charge >= 0.3 is 5.63 Å². The molecule has 0 saturated heterocycles. The van der Waals surface area contributed by atoms with Crippen LogP contribution in [-0.2, 0) is 22.9 Å². The van der Waals surface area contributed by atoms with E-state index in [0.29, 0.717) is 11.1 Å². The Hall–Kier alpha value is -1.79. The summed E-state index contributed by atoms with van der Waals surface area (Å²) in [4.78, 5) is 14.1. The summed E-state index contributed by atoms with van der Waals surface area (Å²) in [5.41, 5.74) is 4.55. The van der Waals surface area contributed by atoms with Crippen molar-refractivity contribution in [3.8, 4) is 11.1 Å². The van der Waals surface area contributed by atoms with E-state index in [2.05, 4.69) is 71.5 Å². The molecule has 0 spiro atoms. The molecule has 0 aliphatic heterocycles. The van der Waals surface area contributed by atoms with Gasteiger partial charge in [0.2, 0.25) is 0 Å². The Bertz CT molecular complexity index is 1320. The summed E-state index contributed by atoms with van der Waals surface area (Å²) in [6.45, 7) is 4.33. The fourth-order valence-electron chi connectivity index (χ4n) is 3.69. The number of hydrogen-bond donors (Lipinski definition) is 0. The first-order valence-corrected chi connectivity index (χ1v) is 14.5. The van der Waals surface area contributed by atoms with E-state index in [-0.39, 0.29) is 15.7 Å². The van der Waals surface area contributed by atoms with Gasteiger partial charge in [-0.05, 0) is 77.9 Å². The van der Waals surface area contributed by atoms with E-state index < -0.39 is 0 Å². The van der Waals surface area contributed by atoms with Crippen molar-refractivity contribution in [2.45, 2.75) is 31.6 Å². The minimum atomic E-state index is -0.281. The second-order valence-electron chi connectivity index (χ2n) is 7.13. The van der Waals surface area contributed by atoms with Crippen LogP contribution in [0.3, 0.4) is 0 Å². The van der Waals surface area contributed by atoms with Gasteiger partial charge in [0.25, 0.3) is 0 Å². The Balaban J connectivity index is 1.89. The number of rotatable bonds is 4. The van der Waals surface area contributed by atoms with Crippen molar-refractivity contribution >= 4 is 47.8 Å². The van der Waals surface area contributed by atoms with E-state index in [4.69, 9.17) is 4.42 Å². The maximum Gasteiger partial charge on any atom is 0.344 e. The first-order chi connectivity index (χ1) is 14.0. The molecule has 2 unspecified atom stereocenters. The smallest absolute Gasteiger partial charge is 0.344 e. The van der Waals surface area contributed by atoms with E-state index in [9.17, 15) is 4.79 Å². The highest BCUT2D eigenvalue weighted by atomic mass is 32.6. The van der Waals surface area contributed by atoms with E-state index >= 15 is 0 Å².